The molecule has 0 aromatic heterocycles. The normalized spacial score (nSPS) is 27.0. The largest absolute Gasteiger partial charge is 0.462 e. The average Bonchev–Trinajstić information content (AvgIpc) is 3.73. The molecular formula is C39H46O7S2. The van der Waals surface area contributed by atoms with Gasteiger partial charge < -0.3 is 9.47 Å². The van der Waals surface area contributed by atoms with Crippen molar-refractivity contribution in [2.75, 3.05) is 0 Å². The number of hydrogen-bond acceptors (Lipinski definition) is 7. The molecule has 0 amide bonds. The molecule has 7 rings (SSSR count). The maximum absolute atomic E-state index is 14.8. The van der Waals surface area contributed by atoms with Crippen LogP contribution in [0.3, 0.4) is 0 Å². The van der Waals surface area contributed by atoms with Crippen LogP contribution in [0.25, 0.3) is 0 Å². The van der Waals surface area contributed by atoms with Gasteiger partial charge in [-0.1, -0.05) is 67.4 Å². The Morgan fingerprint density at radius 3 is 1.40 bits per heavy atom. The topological polar surface area (TPSA) is 96.0 Å². The summed E-state index contributed by atoms with van der Waals surface area (Å²) in [6.07, 6.45) is 9.90. The second-order valence-electron chi connectivity index (χ2n) is 13.9. The van der Waals surface area contributed by atoms with Crippen LogP contribution in [0.2, 0.25) is 0 Å². The maximum Gasteiger partial charge on any atom is 0.310 e. The Balaban J connectivity index is 1.24. The van der Waals surface area contributed by atoms with E-state index < -0.39 is 49.4 Å². The zero-order valence-electron chi connectivity index (χ0n) is 27.4. The molecular weight excluding hydrogens is 645 g/mol. The first-order chi connectivity index (χ1) is 23.4. The quantitative estimate of drug-likeness (QED) is 0.197. The van der Waals surface area contributed by atoms with Gasteiger partial charge in [-0.2, -0.15) is 8.42 Å². The van der Waals surface area contributed by atoms with Crippen molar-refractivity contribution in [1.29, 1.82) is 0 Å². The summed E-state index contributed by atoms with van der Waals surface area (Å²) in [7, 11) is -7.04. The molecule has 256 valence electrons. The molecule has 2 bridgehead atoms. The van der Waals surface area contributed by atoms with E-state index in [0.29, 0.717) is 6.42 Å². The lowest BCUT2D eigenvalue weighted by Gasteiger charge is -2.41. The molecule has 3 aromatic rings. The Labute approximate surface area is 286 Å². The van der Waals surface area contributed by atoms with Crippen molar-refractivity contribution in [1.82, 2.24) is 0 Å². The number of hydrogen-bond donors (Lipinski definition) is 0. The van der Waals surface area contributed by atoms with E-state index >= 15 is 0 Å². The first kappa shape index (κ1) is 33.4. The molecule has 0 heterocycles. The summed E-state index contributed by atoms with van der Waals surface area (Å²) in [6.45, 7) is 0. The highest BCUT2D eigenvalue weighted by molar-refractivity contribution is 8.33. The number of benzene rings is 3. The van der Waals surface area contributed by atoms with Gasteiger partial charge in [0.2, 0.25) is 0 Å². The molecule has 7 nitrogen and oxygen atoms in total. The Hall–Kier alpha value is -3.14. The van der Waals surface area contributed by atoms with Gasteiger partial charge in [-0.25, -0.2) is 3.63 Å². The predicted molar refractivity (Wildman–Crippen MR) is 185 cm³/mol. The number of ether oxygens (including phenoxy) is 2. The van der Waals surface area contributed by atoms with Crippen LogP contribution in [0.4, 0.5) is 0 Å². The molecule has 0 N–H and O–H groups in total. The fourth-order valence-electron chi connectivity index (χ4n) is 8.70. The van der Waals surface area contributed by atoms with E-state index in [1.54, 1.807) is 0 Å². The van der Waals surface area contributed by atoms with E-state index in [0.717, 1.165) is 78.9 Å². The third-order valence-corrected chi connectivity index (χ3v) is 16.6. The summed E-state index contributed by atoms with van der Waals surface area (Å²) >= 11 is 0. The third-order valence-electron chi connectivity index (χ3n) is 11.0. The third kappa shape index (κ3) is 6.58. The van der Waals surface area contributed by atoms with Crippen LogP contribution < -0.4 is 0 Å². The minimum absolute atomic E-state index is 0.143. The van der Waals surface area contributed by atoms with Crippen molar-refractivity contribution in [3.8, 4) is 0 Å². The van der Waals surface area contributed by atoms with Crippen LogP contribution in [0.1, 0.15) is 77.0 Å². The standard InChI is InChI=1S/C39H46O7S2/c40-38(44-29-16-6-1-7-17-29)36-28-26-34(37(36)39(41)45-30-18-8-2-9-19-30)35(27-28)48(42,43)46-47(31-20-10-3-11-21-31,32-22-12-4-13-23-32)33-24-14-5-15-25-33/h3-5,10-15,20-25,28-30,34-37H,1-2,6-9,16-19,26-27H2. The first-order valence-corrected chi connectivity index (χ1v) is 20.7. The van der Waals surface area contributed by atoms with Crippen LogP contribution in [0.15, 0.2) is 106 Å². The van der Waals surface area contributed by atoms with Gasteiger partial charge >= 0.3 is 11.9 Å². The second-order valence-corrected chi connectivity index (χ2v) is 18.6. The Morgan fingerprint density at radius 2 is 0.958 bits per heavy atom. The second kappa shape index (κ2) is 14.4. The monoisotopic (exact) mass is 690 g/mol. The minimum Gasteiger partial charge on any atom is -0.462 e. The Kier molecular flexibility index (Phi) is 9.99. The lowest BCUT2D eigenvalue weighted by molar-refractivity contribution is -0.170. The van der Waals surface area contributed by atoms with Crippen molar-refractivity contribution in [2.24, 2.45) is 23.7 Å². The highest BCUT2D eigenvalue weighted by Gasteiger charge is 2.63. The zero-order chi connectivity index (χ0) is 33.1. The summed E-state index contributed by atoms with van der Waals surface area (Å²) in [6, 6.07) is 28.7. The van der Waals surface area contributed by atoms with Gasteiger partial charge in [0, 0.05) is 14.7 Å². The summed E-state index contributed by atoms with van der Waals surface area (Å²) in [5.41, 5.74) is 0. The van der Waals surface area contributed by atoms with Crippen molar-refractivity contribution < 1.29 is 31.1 Å². The Bertz CT molecular complexity index is 1560. The highest BCUT2D eigenvalue weighted by Crippen LogP contribution is 2.71. The van der Waals surface area contributed by atoms with Gasteiger partial charge in [-0.05, 0) is 123 Å². The van der Waals surface area contributed by atoms with Gasteiger partial charge in [0.15, 0.2) is 0 Å². The Morgan fingerprint density at radius 1 is 0.542 bits per heavy atom. The molecule has 4 saturated carbocycles. The lowest BCUT2D eigenvalue weighted by atomic mass is 9.78. The molecule has 4 aliphatic carbocycles. The first-order valence-electron chi connectivity index (χ1n) is 17.7. The zero-order valence-corrected chi connectivity index (χ0v) is 29.0. The lowest BCUT2D eigenvalue weighted by Crippen LogP contribution is -2.46. The van der Waals surface area contributed by atoms with Gasteiger partial charge in [-0.3, -0.25) is 9.59 Å². The van der Waals surface area contributed by atoms with Crippen molar-refractivity contribution in [3.05, 3.63) is 91.0 Å². The predicted octanol–water partition coefficient (Wildman–Crippen LogP) is 8.62. The van der Waals surface area contributed by atoms with E-state index in [-0.39, 0.29) is 30.5 Å². The molecule has 4 fully saturated rings. The summed E-state index contributed by atoms with van der Waals surface area (Å²) in [5, 5.41) is -0.951. The maximum atomic E-state index is 14.8. The average molecular weight is 691 g/mol. The van der Waals surface area contributed by atoms with Crippen LogP contribution in [0.5, 0.6) is 0 Å². The van der Waals surface area contributed by atoms with Gasteiger partial charge in [-0.15, -0.1) is 0 Å². The molecule has 5 unspecified atom stereocenters. The highest BCUT2D eigenvalue weighted by atomic mass is 32.3. The number of esters is 2. The van der Waals surface area contributed by atoms with Crippen molar-refractivity contribution in [2.45, 2.75) is 109 Å². The number of carbonyl (C=O) groups excluding carboxylic acids is 2. The van der Waals surface area contributed by atoms with E-state index in [1.165, 1.54) is 0 Å². The fraction of sp³-hybridized carbons (Fsp3) is 0.487. The molecule has 4 aliphatic rings. The summed E-state index contributed by atoms with van der Waals surface area (Å²) in [5.74, 6) is -3.29. The molecule has 0 radical (unpaired) electrons. The molecule has 0 saturated heterocycles. The fourth-order valence-corrected chi connectivity index (χ4v) is 14.8. The van der Waals surface area contributed by atoms with Crippen molar-refractivity contribution in [3.63, 3.8) is 0 Å². The van der Waals surface area contributed by atoms with Crippen LogP contribution in [-0.4, -0.2) is 37.8 Å². The SMILES string of the molecule is O=C(OC1CCCCC1)C1C2CC(C1C(=O)OC1CCCCC1)C(S(=O)(=O)OS(c1ccccc1)(c1ccccc1)c1ccccc1)C2. The van der Waals surface area contributed by atoms with Crippen LogP contribution >= 0.6 is 10.3 Å². The smallest absolute Gasteiger partial charge is 0.310 e. The molecule has 48 heavy (non-hydrogen) atoms. The van der Waals surface area contributed by atoms with E-state index in [4.69, 9.17) is 13.1 Å². The summed E-state index contributed by atoms with van der Waals surface area (Å²) in [4.78, 5) is 30.2. The van der Waals surface area contributed by atoms with Gasteiger partial charge in [0.25, 0.3) is 10.1 Å². The van der Waals surface area contributed by atoms with Crippen LogP contribution in [0, 0.1) is 23.7 Å². The molecule has 0 spiro atoms. The minimum atomic E-state index is -4.29. The van der Waals surface area contributed by atoms with Gasteiger partial charge in [0.05, 0.1) is 17.1 Å². The van der Waals surface area contributed by atoms with E-state index in [1.807, 2.05) is 91.0 Å². The molecule has 0 aliphatic heterocycles. The molecule has 3 aromatic carbocycles. The molecule has 5 atom stereocenters. The van der Waals surface area contributed by atoms with Crippen molar-refractivity contribution >= 4 is 32.4 Å². The van der Waals surface area contributed by atoms with E-state index in [9.17, 15) is 18.0 Å². The van der Waals surface area contributed by atoms with Crippen LogP contribution in [-0.2, 0) is 32.8 Å². The number of rotatable bonds is 10. The number of carbonyl (C=O) groups is 2. The number of fused-ring (bicyclic) bond motifs is 2. The summed E-state index contributed by atoms with van der Waals surface area (Å²) < 4.78 is 48.5. The van der Waals surface area contributed by atoms with Gasteiger partial charge in [0.1, 0.15) is 12.2 Å². The van der Waals surface area contributed by atoms with E-state index in [2.05, 4.69) is 0 Å². The molecule has 9 heteroatoms.